The molecule has 164 valence electrons. The molecule has 0 aromatic heterocycles. The Morgan fingerprint density at radius 3 is 2.31 bits per heavy atom. The van der Waals surface area contributed by atoms with Crippen molar-refractivity contribution in [3.05, 3.63) is 95.1 Å². The van der Waals surface area contributed by atoms with Gasteiger partial charge in [-0.05, 0) is 55.7 Å². The fourth-order valence-corrected chi connectivity index (χ4v) is 4.31. The van der Waals surface area contributed by atoms with E-state index in [-0.39, 0.29) is 17.9 Å². The fourth-order valence-electron chi connectivity index (χ4n) is 4.31. The van der Waals surface area contributed by atoms with Crippen LogP contribution < -0.4 is 15.5 Å². The van der Waals surface area contributed by atoms with E-state index >= 15 is 0 Å². The summed E-state index contributed by atoms with van der Waals surface area (Å²) >= 11 is 0. The lowest BCUT2D eigenvalue weighted by Crippen LogP contribution is -2.85. The molecule has 1 saturated heterocycles. The number of carbonyl (C=O) groups excluding carboxylic acids is 2. The van der Waals surface area contributed by atoms with Crippen LogP contribution >= 0.6 is 0 Å². The van der Waals surface area contributed by atoms with Gasteiger partial charge in [0.2, 0.25) is 5.91 Å². The number of benzene rings is 3. The van der Waals surface area contributed by atoms with Crippen LogP contribution in [-0.2, 0) is 16.1 Å². The molecule has 1 aliphatic rings. The molecule has 0 bridgehead atoms. The van der Waals surface area contributed by atoms with Crippen molar-refractivity contribution in [2.75, 3.05) is 16.8 Å². The summed E-state index contributed by atoms with van der Waals surface area (Å²) in [5, 5.41) is 5.15. The molecule has 1 heterocycles. The summed E-state index contributed by atoms with van der Waals surface area (Å²) in [6, 6.07) is 23.7. The predicted octanol–water partition coefficient (Wildman–Crippen LogP) is 3.87. The van der Waals surface area contributed by atoms with Gasteiger partial charge in [-0.1, -0.05) is 48.5 Å². The number of hydrogen-bond donors (Lipinski definition) is 2. The second-order valence-electron chi connectivity index (χ2n) is 8.51. The normalized spacial score (nSPS) is 14.4. The molecular weight excluding hydrogens is 398 g/mol. The van der Waals surface area contributed by atoms with Gasteiger partial charge in [-0.2, -0.15) is 0 Å². The van der Waals surface area contributed by atoms with Gasteiger partial charge >= 0.3 is 0 Å². The van der Waals surface area contributed by atoms with E-state index in [1.54, 1.807) is 0 Å². The van der Waals surface area contributed by atoms with Gasteiger partial charge in [-0.15, -0.1) is 0 Å². The van der Waals surface area contributed by atoms with E-state index in [1.165, 1.54) is 0 Å². The molecule has 0 saturated carbocycles. The van der Waals surface area contributed by atoms with Gasteiger partial charge in [0.15, 0.2) is 6.04 Å². The van der Waals surface area contributed by atoms with Crippen molar-refractivity contribution in [3.63, 3.8) is 0 Å². The Bertz CT molecular complexity index is 1070. The first-order chi connectivity index (χ1) is 15.5. The molecule has 3 N–H and O–H groups in total. The molecule has 1 aliphatic heterocycles. The number of aryl methyl sites for hydroxylation is 2. The van der Waals surface area contributed by atoms with Crippen LogP contribution in [0, 0.1) is 13.8 Å². The van der Waals surface area contributed by atoms with E-state index in [9.17, 15) is 9.59 Å². The van der Waals surface area contributed by atoms with E-state index in [2.05, 4.69) is 16.7 Å². The molecule has 0 radical (unpaired) electrons. The molecule has 5 heteroatoms. The lowest BCUT2D eigenvalue weighted by molar-refractivity contribution is -0.697. The molecule has 0 unspecified atom stereocenters. The van der Waals surface area contributed by atoms with Crippen molar-refractivity contribution >= 4 is 23.2 Å². The summed E-state index contributed by atoms with van der Waals surface area (Å²) < 4.78 is 0. The molecule has 3 aromatic carbocycles. The smallest absolute Gasteiger partial charge is 0.287 e. The first-order valence-corrected chi connectivity index (χ1v) is 11.2. The summed E-state index contributed by atoms with van der Waals surface area (Å²) in [5.41, 5.74) is 6.09. The van der Waals surface area contributed by atoms with Gasteiger partial charge in [0.1, 0.15) is 6.54 Å². The Balaban J connectivity index is 1.47. The maximum absolute atomic E-state index is 13.2. The van der Waals surface area contributed by atoms with Gasteiger partial charge in [-0.25, -0.2) is 0 Å². The second kappa shape index (κ2) is 9.79. The maximum atomic E-state index is 13.2. The van der Waals surface area contributed by atoms with Crippen molar-refractivity contribution in [1.82, 2.24) is 0 Å². The summed E-state index contributed by atoms with van der Waals surface area (Å²) in [5.74, 6) is 0.150. The van der Waals surface area contributed by atoms with Crippen LogP contribution in [0.2, 0.25) is 0 Å². The molecule has 4 rings (SSSR count). The number of carbonyl (C=O) groups is 2. The third-order valence-electron chi connectivity index (χ3n) is 5.84. The molecule has 0 spiro atoms. The highest BCUT2D eigenvalue weighted by molar-refractivity contribution is 5.95. The summed E-state index contributed by atoms with van der Waals surface area (Å²) in [4.78, 5) is 27.1. The van der Waals surface area contributed by atoms with Gasteiger partial charge in [0, 0.05) is 35.5 Å². The van der Waals surface area contributed by atoms with Crippen LogP contribution in [0.5, 0.6) is 0 Å². The van der Waals surface area contributed by atoms with Crippen molar-refractivity contribution < 1.29 is 14.9 Å². The number of nitrogens with zero attached hydrogens (tertiary/aromatic N) is 1. The SMILES string of the molecule is Cc1cc(C)cc(NC(=O)[C@@H]([NH2+]Cc2ccc(N3CCCC3=O)cc2)c2ccccc2)c1. The quantitative estimate of drug-likeness (QED) is 0.600. The van der Waals surface area contributed by atoms with Gasteiger partial charge in [0.25, 0.3) is 5.91 Å². The summed E-state index contributed by atoms with van der Waals surface area (Å²) in [6.45, 7) is 5.51. The predicted molar refractivity (Wildman–Crippen MR) is 127 cm³/mol. The molecule has 5 nitrogen and oxygen atoms in total. The third kappa shape index (κ3) is 5.24. The van der Waals surface area contributed by atoms with Crippen LogP contribution in [0.4, 0.5) is 11.4 Å². The standard InChI is InChI=1S/C27H29N3O2/c1-19-15-20(2)17-23(16-19)29-27(32)26(22-7-4-3-5-8-22)28-18-21-10-12-24(13-11-21)30-14-6-9-25(30)31/h3-5,7-8,10-13,15-17,26,28H,6,9,14,18H2,1-2H3,(H,29,32)/p+1/t26-/m0/s1. The maximum Gasteiger partial charge on any atom is 0.287 e. The van der Waals surface area contributed by atoms with Crippen molar-refractivity contribution in [2.24, 2.45) is 0 Å². The number of quaternary nitrogens is 1. The second-order valence-corrected chi connectivity index (χ2v) is 8.51. The minimum absolute atomic E-state index is 0.0412. The zero-order valence-electron chi connectivity index (χ0n) is 18.7. The summed E-state index contributed by atoms with van der Waals surface area (Å²) in [6.07, 6.45) is 1.55. The number of nitrogens with two attached hydrogens (primary N) is 1. The lowest BCUT2D eigenvalue weighted by atomic mass is 10.0. The molecular formula is C27H30N3O2+. The highest BCUT2D eigenvalue weighted by Crippen LogP contribution is 2.22. The highest BCUT2D eigenvalue weighted by atomic mass is 16.2. The molecule has 1 fully saturated rings. The van der Waals surface area contributed by atoms with Crippen LogP contribution in [0.1, 0.15) is 41.1 Å². The molecule has 2 amide bonds. The zero-order chi connectivity index (χ0) is 22.5. The van der Waals surface area contributed by atoms with Gasteiger partial charge in [0.05, 0.1) is 0 Å². The Morgan fingerprint density at radius 1 is 1.00 bits per heavy atom. The first-order valence-electron chi connectivity index (χ1n) is 11.2. The average molecular weight is 429 g/mol. The third-order valence-corrected chi connectivity index (χ3v) is 5.84. The Kier molecular flexibility index (Phi) is 6.66. The fraction of sp³-hybridized carbons (Fsp3) is 0.259. The van der Waals surface area contributed by atoms with Crippen molar-refractivity contribution in [1.29, 1.82) is 0 Å². The monoisotopic (exact) mass is 428 g/mol. The van der Waals surface area contributed by atoms with Crippen molar-refractivity contribution in [2.45, 2.75) is 39.3 Å². The van der Waals surface area contributed by atoms with Crippen LogP contribution in [0.15, 0.2) is 72.8 Å². The molecule has 32 heavy (non-hydrogen) atoms. The Hall–Kier alpha value is -3.44. The van der Waals surface area contributed by atoms with Crippen LogP contribution in [0.3, 0.4) is 0 Å². The topological polar surface area (TPSA) is 66.0 Å². The summed E-state index contributed by atoms with van der Waals surface area (Å²) in [7, 11) is 0. The average Bonchev–Trinajstić information content (AvgIpc) is 3.20. The van der Waals surface area contributed by atoms with E-state index in [1.807, 2.05) is 85.5 Å². The van der Waals surface area contributed by atoms with E-state index in [4.69, 9.17) is 0 Å². The van der Waals surface area contributed by atoms with E-state index < -0.39 is 0 Å². The van der Waals surface area contributed by atoms with Gasteiger partial charge in [-0.3, -0.25) is 9.59 Å². The number of nitrogens with one attached hydrogen (secondary N) is 1. The van der Waals surface area contributed by atoms with E-state index in [0.29, 0.717) is 13.0 Å². The number of rotatable bonds is 7. The molecule has 0 aliphatic carbocycles. The minimum Gasteiger partial charge on any atom is -0.328 e. The number of hydrogen-bond acceptors (Lipinski definition) is 2. The van der Waals surface area contributed by atoms with Crippen LogP contribution in [-0.4, -0.2) is 18.4 Å². The Morgan fingerprint density at radius 2 is 1.69 bits per heavy atom. The number of amides is 2. The minimum atomic E-state index is -0.364. The largest absolute Gasteiger partial charge is 0.328 e. The number of anilines is 2. The van der Waals surface area contributed by atoms with Gasteiger partial charge < -0.3 is 15.5 Å². The molecule has 3 aromatic rings. The Labute approximate surface area is 189 Å². The lowest BCUT2D eigenvalue weighted by Gasteiger charge is -2.18. The molecule has 1 atom stereocenters. The zero-order valence-corrected chi connectivity index (χ0v) is 18.7. The first kappa shape index (κ1) is 21.8. The van der Waals surface area contributed by atoms with Crippen molar-refractivity contribution in [3.8, 4) is 0 Å². The highest BCUT2D eigenvalue weighted by Gasteiger charge is 2.25. The van der Waals surface area contributed by atoms with E-state index in [0.717, 1.165) is 46.6 Å². The van der Waals surface area contributed by atoms with Crippen LogP contribution in [0.25, 0.3) is 0 Å².